The highest BCUT2D eigenvalue weighted by atomic mass is 16.5. The number of rotatable bonds is 24. The van der Waals surface area contributed by atoms with E-state index in [1.54, 1.807) is 0 Å². The quantitative estimate of drug-likeness (QED) is 0.0646. The van der Waals surface area contributed by atoms with Gasteiger partial charge in [0.15, 0.2) is 0 Å². The van der Waals surface area contributed by atoms with Crippen LogP contribution in [0.5, 0.6) is 5.75 Å². The molecule has 236 valence electrons. The predicted octanol–water partition coefficient (Wildman–Crippen LogP) is 11.6. The fourth-order valence-electron chi connectivity index (χ4n) is 6.13. The Labute approximate surface area is 263 Å². The van der Waals surface area contributed by atoms with Crippen molar-refractivity contribution in [3.63, 3.8) is 0 Å². The number of unbranched alkanes of at least 4 members (excludes halogenated alkanes) is 15. The number of anilines is 1. The lowest BCUT2D eigenvalue weighted by atomic mass is 9.79. The molecule has 3 aromatic carbocycles. The molecule has 0 aliphatic rings. The maximum atomic E-state index is 6.88. The van der Waals surface area contributed by atoms with Crippen LogP contribution in [-0.4, -0.2) is 13.2 Å². The number of nitrogens with two attached hydrogens (primary N) is 1. The first-order valence-corrected chi connectivity index (χ1v) is 17.5. The third kappa shape index (κ3) is 11.3. The van der Waals surface area contributed by atoms with Crippen LogP contribution in [0.25, 0.3) is 0 Å². The van der Waals surface area contributed by atoms with Crippen LogP contribution < -0.4 is 10.5 Å². The molecule has 0 radical (unpaired) electrons. The van der Waals surface area contributed by atoms with E-state index in [9.17, 15) is 0 Å². The zero-order valence-electron chi connectivity index (χ0n) is 27.3. The average Bonchev–Trinajstić information content (AvgIpc) is 3.05. The zero-order valence-corrected chi connectivity index (χ0v) is 27.3. The van der Waals surface area contributed by atoms with Crippen molar-refractivity contribution in [2.24, 2.45) is 0 Å². The molecule has 0 aliphatic carbocycles. The van der Waals surface area contributed by atoms with Crippen LogP contribution in [0.4, 0.5) is 5.69 Å². The van der Waals surface area contributed by atoms with Gasteiger partial charge in [-0.3, -0.25) is 0 Å². The lowest BCUT2D eigenvalue weighted by molar-refractivity contribution is 0.0137. The molecular weight excluding hydrogens is 526 g/mol. The lowest BCUT2D eigenvalue weighted by Crippen LogP contribution is -2.34. The third-order valence-electron chi connectivity index (χ3n) is 8.58. The number of para-hydroxylation sites is 1. The van der Waals surface area contributed by atoms with Crippen molar-refractivity contribution in [2.75, 3.05) is 18.9 Å². The molecule has 3 heteroatoms. The Balaban J connectivity index is 1.45. The van der Waals surface area contributed by atoms with Crippen LogP contribution in [0, 0.1) is 0 Å². The molecule has 43 heavy (non-hydrogen) atoms. The standard InChI is InChI=1S/C40H59NO2/c1-3-5-6-7-8-9-10-11-12-13-14-15-16-17-18-25-34-42-38-32-26-31-37(39(38)41)40(43-33-4-2,35-27-21-19-22-28-35)36-29-23-20-24-30-36/h19-24,26-32H,3-18,25,33-34,41H2,1-2H3. The second-order valence-electron chi connectivity index (χ2n) is 12.1. The molecular formula is C40H59NO2. The summed E-state index contributed by atoms with van der Waals surface area (Å²) in [6.07, 6.45) is 22.7. The van der Waals surface area contributed by atoms with Gasteiger partial charge < -0.3 is 15.2 Å². The van der Waals surface area contributed by atoms with E-state index >= 15 is 0 Å². The Morgan fingerprint density at radius 1 is 0.488 bits per heavy atom. The monoisotopic (exact) mass is 585 g/mol. The molecule has 0 aliphatic heterocycles. The van der Waals surface area contributed by atoms with Gasteiger partial charge in [-0.1, -0.05) is 183 Å². The van der Waals surface area contributed by atoms with Gasteiger partial charge in [-0.25, -0.2) is 0 Å². The molecule has 0 aromatic heterocycles. The summed E-state index contributed by atoms with van der Waals surface area (Å²) in [5.74, 6) is 0.745. The first kappa shape index (κ1) is 34.7. The maximum absolute atomic E-state index is 6.88. The summed E-state index contributed by atoms with van der Waals surface area (Å²) in [6, 6.07) is 27.0. The van der Waals surface area contributed by atoms with Gasteiger partial charge in [-0.05, 0) is 30.0 Å². The zero-order chi connectivity index (χ0) is 30.4. The summed E-state index contributed by atoms with van der Waals surface area (Å²) in [5, 5.41) is 0. The molecule has 0 heterocycles. The van der Waals surface area contributed by atoms with Crippen molar-refractivity contribution < 1.29 is 9.47 Å². The molecule has 0 fully saturated rings. The van der Waals surface area contributed by atoms with Crippen molar-refractivity contribution in [3.8, 4) is 5.75 Å². The normalized spacial score (nSPS) is 11.6. The van der Waals surface area contributed by atoms with Gasteiger partial charge in [0.1, 0.15) is 11.4 Å². The van der Waals surface area contributed by atoms with Crippen LogP contribution in [-0.2, 0) is 10.3 Å². The van der Waals surface area contributed by atoms with Gasteiger partial charge in [0, 0.05) is 12.2 Å². The Bertz CT molecular complexity index is 1060. The van der Waals surface area contributed by atoms with E-state index in [4.69, 9.17) is 15.2 Å². The Morgan fingerprint density at radius 2 is 0.953 bits per heavy atom. The van der Waals surface area contributed by atoms with E-state index < -0.39 is 5.60 Å². The summed E-state index contributed by atoms with van der Waals surface area (Å²) < 4.78 is 13.1. The van der Waals surface area contributed by atoms with Crippen molar-refractivity contribution in [1.29, 1.82) is 0 Å². The fourth-order valence-corrected chi connectivity index (χ4v) is 6.13. The average molecular weight is 586 g/mol. The topological polar surface area (TPSA) is 44.5 Å². The Morgan fingerprint density at radius 3 is 1.42 bits per heavy atom. The number of nitrogen functional groups attached to an aromatic ring is 1. The molecule has 0 amide bonds. The first-order chi connectivity index (χ1) is 21.2. The van der Waals surface area contributed by atoms with Crippen LogP contribution in [0.3, 0.4) is 0 Å². The van der Waals surface area contributed by atoms with Gasteiger partial charge in [-0.2, -0.15) is 0 Å². The van der Waals surface area contributed by atoms with E-state index in [1.165, 1.54) is 96.3 Å². The molecule has 2 N–H and O–H groups in total. The molecule has 3 aromatic rings. The summed E-state index contributed by atoms with van der Waals surface area (Å²) >= 11 is 0. The van der Waals surface area contributed by atoms with E-state index in [0.29, 0.717) is 18.9 Å². The number of hydrogen-bond acceptors (Lipinski definition) is 3. The largest absolute Gasteiger partial charge is 0.491 e. The maximum Gasteiger partial charge on any atom is 0.145 e. The highest BCUT2D eigenvalue weighted by molar-refractivity contribution is 5.65. The minimum atomic E-state index is -0.809. The molecule has 0 spiro atoms. The number of benzene rings is 3. The molecule has 3 nitrogen and oxygen atoms in total. The molecule has 0 bridgehead atoms. The van der Waals surface area contributed by atoms with Crippen LogP contribution in [0.2, 0.25) is 0 Å². The van der Waals surface area contributed by atoms with Crippen LogP contribution in [0.1, 0.15) is 140 Å². The molecule has 0 saturated carbocycles. The van der Waals surface area contributed by atoms with Crippen LogP contribution >= 0.6 is 0 Å². The highest BCUT2D eigenvalue weighted by Gasteiger charge is 2.39. The van der Waals surface area contributed by atoms with Crippen molar-refractivity contribution in [3.05, 3.63) is 95.6 Å². The molecule has 0 atom stereocenters. The van der Waals surface area contributed by atoms with Crippen molar-refractivity contribution >= 4 is 5.69 Å². The second kappa shape index (κ2) is 21.0. The molecule has 3 rings (SSSR count). The second-order valence-corrected chi connectivity index (χ2v) is 12.1. The lowest BCUT2D eigenvalue weighted by Gasteiger charge is -2.37. The van der Waals surface area contributed by atoms with E-state index in [0.717, 1.165) is 35.3 Å². The highest BCUT2D eigenvalue weighted by Crippen LogP contribution is 2.45. The molecule has 0 unspecified atom stereocenters. The fraction of sp³-hybridized carbons (Fsp3) is 0.550. The van der Waals surface area contributed by atoms with Crippen LogP contribution in [0.15, 0.2) is 78.9 Å². The van der Waals surface area contributed by atoms with E-state index in [2.05, 4.69) is 68.4 Å². The van der Waals surface area contributed by atoms with Crippen molar-refractivity contribution in [1.82, 2.24) is 0 Å². The van der Waals surface area contributed by atoms with Gasteiger partial charge in [0.05, 0.1) is 12.3 Å². The summed E-state index contributed by atoms with van der Waals surface area (Å²) in [6.45, 7) is 5.74. The minimum Gasteiger partial charge on any atom is -0.491 e. The van der Waals surface area contributed by atoms with Gasteiger partial charge in [0.2, 0.25) is 0 Å². The first-order valence-electron chi connectivity index (χ1n) is 17.5. The molecule has 0 saturated heterocycles. The van der Waals surface area contributed by atoms with Gasteiger partial charge in [0.25, 0.3) is 0 Å². The smallest absolute Gasteiger partial charge is 0.145 e. The van der Waals surface area contributed by atoms with Gasteiger partial charge in [-0.15, -0.1) is 0 Å². The number of ether oxygens (including phenoxy) is 2. The summed E-state index contributed by atoms with van der Waals surface area (Å²) in [7, 11) is 0. The predicted molar refractivity (Wildman–Crippen MR) is 185 cm³/mol. The van der Waals surface area contributed by atoms with Gasteiger partial charge >= 0.3 is 0 Å². The van der Waals surface area contributed by atoms with E-state index in [-0.39, 0.29) is 0 Å². The van der Waals surface area contributed by atoms with E-state index in [1.807, 2.05) is 24.3 Å². The summed E-state index contributed by atoms with van der Waals surface area (Å²) in [4.78, 5) is 0. The van der Waals surface area contributed by atoms with Crippen molar-refractivity contribution in [2.45, 2.75) is 129 Å². The Hall–Kier alpha value is -2.78. The third-order valence-corrected chi connectivity index (χ3v) is 8.58. The minimum absolute atomic E-state index is 0.619. The number of hydrogen-bond donors (Lipinski definition) is 1. The SMILES string of the molecule is CCCCCCCCCCCCCCCCCCOc1cccc(C(OCCC)(c2ccccc2)c2ccccc2)c1N. The Kier molecular flexibility index (Phi) is 17.0. The summed E-state index contributed by atoms with van der Waals surface area (Å²) in [5.41, 5.74) is 9.79.